The van der Waals surface area contributed by atoms with E-state index in [1.54, 1.807) is 24.5 Å². The molecule has 0 bridgehead atoms. The Morgan fingerprint density at radius 3 is 2.61 bits per heavy atom. The van der Waals surface area contributed by atoms with E-state index < -0.39 is 16.7 Å². The van der Waals surface area contributed by atoms with Gasteiger partial charge in [0.2, 0.25) is 0 Å². The van der Waals surface area contributed by atoms with E-state index in [-0.39, 0.29) is 5.76 Å². The zero-order valence-corrected chi connectivity index (χ0v) is 11.7. The van der Waals surface area contributed by atoms with Crippen LogP contribution in [0.1, 0.15) is 10.6 Å². The maximum Gasteiger partial charge on any atom is 0.433 e. The Morgan fingerprint density at radius 1 is 1.13 bits per heavy atom. The lowest BCUT2D eigenvalue weighted by molar-refractivity contribution is -0.402. The molecule has 0 unspecified atom stereocenters. The number of nitrogens with zero attached hydrogens (tertiary/aromatic N) is 3. The Hall–Kier alpha value is -3.55. The average Bonchev–Trinajstić information content (AvgIpc) is 3.07. The van der Waals surface area contributed by atoms with Gasteiger partial charge in [-0.3, -0.25) is 19.9 Å². The number of pyridine rings is 2. The molecule has 3 heterocycles. The molecule has 0 saturated heterocycles. The fraction of sp³-hybridized carbons (Fsp3) is 0. The van der Waals surface area contributed by atoms with Crippen molar-refractivity contribution in [1.82, 2.24) is 9.97 Å². The van der Waals surface area contributed by atoms with Crippen LogP contribution in [0.25, 0.3) is 11.3 Å². The summed E-state index contributed by atoms with van der Waals surface area (Å²) in [6.45, 7) is 0. The molecule has 3 rings (SSSR count). The third kappa shape index (κ3) is 3.21. The van der Waals surface area contributed by atoms with E-state index in [0.29, 0.717) is 5.82 Å². The Kier molecular flexibility index (Phi) is 3.79. The van der Waals surface area contributed by atoms with Gasteiger partial charge < -0.3 is 9.73 Å². The Balaban J connectivity index is 1.72. The second-order valence-electron chi connectivity index (χ2n) is 4.50. The summed E-state index contributed by atoms with van der Waals surface area (Å²) in [7, 11) is 0. The highest BCUT2D eigenvalue weighted by molar-refractivity contribution is 6.01. The van der Waals surface area contributed by atoms with Crippen molar-refractivity contribution in [2.45, 2.75) is 0 Å². The van der Waals surface area contributed by atoms with Crippen LogP contribution in [0.15, 0.2) is 59.3 Å². The van der Waals surface area contributed by atoms with E-state index in [2.05, 4.69) is 15.3 Å². The summed E-state index contributed by atoms with van der Waals surface area (Å²) in [4.78, 5) is 30.1. The number of furan rings is 1. The van der Waals surface area contributed by atoms with Crippen molar-refractivity contribution < 1.29 is 14.1 Å². The summed E-state index contributed by atoms with van der Waals surface area (Å²) in [6, 6.07) is 11.2. The molecule has 23 heavy (non-hydrogen) atoms. The first kappa shape index (κ1) is 14.4. The molecule has 3 aromatic rings. The summed E-state index contributed by atoms with van der Waals surface area (Å²) in [6.07, 6.45) is 3.25. The molecule has 0 aromatic carbocycles. The van der Waals surface area contributed by atoms with Gasteiger partial charge in [0.05, 0.1) is 11.8 Å². The van der Waals surface area contributed by atoms with Crippen LogP contribution in [-0.2, 0) is 0 Å². The van der Waals surface area contributed by atoms with Crippen molar-refractivity contribution in [1.29, 1.82) is 0 Å². The second kappa shape index (κ2) is 6.06. The first-order chi connectivity index (χ1) is 11.1. The minimum atomic E-state index is -0.712. The number of anilines is 1. The molecular weight excluding hydrogens is 300 g/mol. The smallest absolute Gasteiger partial charge is 0.395 e. The fourth-order valence-corrected chi connectivity index (χ4v) is 1.88. The van der Waals surface area contributed by atoms with Crippen LogP contribution in [0, 0.1) is 10.1 Å². The minimum absolute atomic E-state index is 0.160. The molecule has 0 fully saturated rings. The van der Waals surface area contributed by atoms with Crippen molar-refractivity contribution in [3.63, 3.8) is 0 Å². The molecule has 0 aliphatic heterocycles. The van der Waals surface area contributed by atoms with Crippen molar-refractivity contribution >= 4 is 17.6 Å². The first-order valence-electron chi connectivity index (χ1n) is 6.56. The van der Waals surface area contributed by atoms with Crippen LogP contribution in [0.5, 0.6) is 0 Å². The number of carbonyl (C=O) groups excluding carboxylic acids is 1. The number of nitro groups is 1. The lowest BCUT2D eigenvalue weighted by atomic mass is 10.2. The number of aromatic nitrogens is 2. The van der Waals surface area contributed by atoms with Gasteiger partial charge in [0.1, 0.15) is 10.7 Å². The molecule has 8 heteroatoms. The summed E-state index contributed by atoms with van der Waals surface area (Å²) in [5, 5.41) is 13.0. The molecular formula is C15H10N4O4. The van der Waals surface area contributed by atoms with Crippen molar-refractivity contribution in [2.75, 3.05) is 5.32 Å². The van der Waals surface area contributed by atoms with Crippen LogP contribution in [0.3, 0.4) is 0 Å². The normalized spacial score (nSPS) is 10.3. The van der Waals surface area contributed by atoms with Gasteiger partial charge in [-0.05, 0) is 30.3 Å². The minimum Gasteiger partial charge on any atom is -0.395 e. The second-order valence-corrected chi connectivity index (χ2v) is 4.50. The number of nitrogens with one attached hydrogen (secondary N) is 1. The summed E-state index contributed by atoms with van der Waals surface area (Å²) in [5.41, 5.74) is 1.57. The van der Waals surface area contributed by atoms with Crippen LogP contribution in [0.4, 0.5) is 11.7 Å². The van der Waals surface area contributed by atoms with Gasteiger partial charge in [-0.1, -0.05) is 6.07 Å². The number of carbonyl (C=O) groups is 1. The molecule has 0 saturated carbocycles. The summed E-state index contributed by atoms with van der Waals surface area (Å²) >= 11 is 0. The Morgan fingerprint density at radius 2 is 2.00 bits per heavy atom. The molecule has 3 aromatic heterocycles. The third-order valence-corrected chi connectivity index (χ3v) is 2.96. The zero-order valence-electron chi connectivity index (χ0n) is 11.7. The van der Waals surface area contributed by atoms with E-state index >= 15 is 0 Å². The standard InChI is InChI=1S/C15H10N4O4/c20-15(12-5-7-14(23-12)19(21)22)18-13-6-4-10(9-17-13)11-3-1-2-8-16-11/h1-9H,(H,17,18,20). The molecule has 0 atom stereocenters. The number of hydrogen-bond donors (Lipinski definition) is 1. The van der Waals surface area contributed by atoms with Gasteiger partial charge >= 0.3 is 5.88 Å². The lowest BCUT2D eigenvalue weighted by Gasteiger charge is -2.04. The molecule has 0 aliphatic rings. The Labute approximate surface area is 130 Å². The van der Waals surface area contributed by atoms with Crippen LogP contribution in [-0.4, -0.2) is 20.8 Å². The molecule has 0 aliphatic carbocycles. The maximum atomic E-state index is 11.9. The number of rotatable bonds is 4. The van der Waals surface area contributed by atoms with E-state index in [1.807, 2.05) is 18.2 Å². The molecule has 114 valence electrons. The fourth-order valence-electron chi connectivity index (χ4n) is 1.88. The maximum absolute atomic E-state index is 11.9. The van der Waals surface area contributed by atoms with E-state index in [0.717, 1.165) is 17.3 Å². The topological polar surface area (TPSA) is 111 Å². The summed E-state index contributed by atoms with van der Waals surface area (Å²) < 4.78 is 4.82. The van der Waals surface area contributed by atoms with Gasteiger partial charge in [-0.15, -0.1) is 0 Å². The summed E-state index contributed by atoms with van der Waals surface area (Å²) in [5.74, 6) is -0.967. The van der Waals surface area contributed by atoms with Gasteiger partial charge in [-0.2, -0.15) is 0 Å². The average molecular weight is 310 g/mol. The lowest BCUT2D eigenvalue weighted by Crippen LogP contribution is -2.11. The molecule has 1 N–H and O–H groups in total. The quantitative estimate of drug-likeness (QED) is 0.586. The number of hydrogen-bond acceptors (Lipinski definition) is 6. The highest BCUT2D eigenvalue weighted by atomic mass is 16.6. The third-order valence-electron chi connectivity index (χ3n) is 2.96. The van der Waals surface area contributed by atoms with Crippen LogP contribution < -0.4 is 5.32 Å². The molecule has 1 amide bonds. The van der Waals surface area contributed by atoms with Crippen LogP contribution >= 0.6 is 0 Å². The monoisotopic (exact) mass is 310 g/mol. The van der Waals surface area contributed by atoms with Gasteiger partial charge in [-0.25, -0.2) is 4.98 Å². The molecule has 8 nitrogen and oxygen atoms in total. The van der Waals surface area contributed by atoms with Gasteiger partial charge in [0.25, 0.3) is 5.91 Å². The predicted octanol–water partition coefficient (Wildman–Crippen LogP) is 2.90. The van der Waals surface area contributed by atoms with E-state index in [1.165, 1.54) is 6.07 Å². The predicted molar refractivity (Wildman–Crippen MR) is 80.8 cm³/mol. The van der Waals surface area contributed by atoms with Gasteiger partial charge in [0.15, 0.2) is 5.76 Å². The number of amides is 1. The largest absolute Gasteiger partial charge is 0.433 e. The van der Waals surface area contributed by atoms with Gasteiger partial charge in [0, 0.05) is 18.0 Å². The van der Waals surface area contributed by atoms with E-state index in [4.69, 9.17) is 4.42 Å². The SMILES string of the molecule is O=C(Nc1ccc(-c2ccccn2)cn1)c1ccc([N+](=O)[O-])o1. The van der Waals surface area contributed by atoms with E-state index in [9.17, 15) is 14.9 Å². The van der Waals surface area contributed by atoms with Crippen LogP contribution in [0.2, 0.25) is 0 Å². The first-order valence-corrected chi connectivity index (χ1v) is 6.56. The van der Waals surface area contributed by atoms with Crippen molar-refractivity contribution in [3.8, 4) is 11.3 Å². The molecule has 0 spiro atoms. The molecule has 0 radical (unpaired) electrons. The zero-order chi connectivity index (χ0) is 16.2. The Bertz CT molecular complexity index is 843. The van der Waals surface area contributed by atoms with Crippen molar-refractivity contribution in [2.24, 2.45) is 0 Å². The highest BCUT2D eigenvalue weighted by Crippen LogP contribution is 2.19. The van der Waals surface area contributed by atoms with Crippen molar-refractivity contribution in [3.05, 3.63) is 70.7 Å². The highest BCUT2D eigenvalue weighted by Gasteiger charge is 2.17.